The summed E-state index contributed by atoms with van der Waals surface area (Å²) in [4.78, 5) is 0. The Labute approximate surface area is 104 Å². The van der Waals surface area contributed by atoms with E-state index in [0.717, 1.165) is 5.56 Å². The van der Waals surface area contributed by atoms with Crippen LogP contribution in [0.4, 0.5) is 0 Å². The van der Waals surface area contributed by atoms with Crippen molar-refractivity contribution in [2.45, 2.75) is 0 Å². The summed E-state index contributed by atoms with van der Waals surface area (Å²) < 4.78 is 0. The monoisotopic (exact) mass is 244 g/mol. The molecule has 2 aromatic carbocycles. The molecule has 0 aliphatic carbocycles. The highest BCUT2D eigenvalue weighted by Gasteiger charge is 2.14. The maximum absolute atomic E-state index is 9.61. The topological polar surface area (TPSA) is 80.9 Å². The molecule has 0 aromatic heterocycles. The molecule has 0 atom stereocenters. The van der Waals surface area contributed by atoms with E-state index in [2.05, 4.69) is 0 Å². The number of aromatic hydroxyl groups is 4. The van der Waals surface area contributed by atoms with Gasteiger partial charge in [-0.3, -0.25) is 0 Å². The van der Waals surface area contributed by atoms with Crippen LogP contribution in [0.2, 0.25) is 0 Å². The van der Waals surface area contributed by atoms with Crippen LogP contribution in [0.15, 0.2) is 36.4 Å². The first-order valence-corrected chi connectivity index (χ1v) is 5.29. The number of hydrogen-bond donors (Lipinski definition) is 4. The molecule has 4 nitrogen and oxygen atoms in total. The molecule has 18 heavy (non-hydrogen) atoms. The molecule has 0 saturated heterocycles. The average Bonchev–Trinajstić information content (AvgIpc) is 2.40. The summed E-state index contributed by atoms with van der Waals surface area (Å²) in [6, 6.07) is 10.5. The Morgan fingerprint density at radius 1 is 0.722 bits per heavy atom. The minimum Gasteiger partial charge on any atom is -0.504 e. The fraction of sp³-hybridized carbons (Fsp3) is 0. The van der Waals surface area contributed by atoms with Crippen LogP contribution in [0.5, 0.6) is 23.0 Å². The zero-order valence-corrected chi connectivity index (χ0v) is 9.41. The third kappa shape index (κ3) is 2.22. The highest BCUT2D eigenvalue weighted by atomic mass is 16.3. The summed E-state index contributed by atoms with van der Waals surface area (Å²) >= 11 is 0. The second-order valence-electron chi connectivity index (χ2n) is 3.77. The molecule has 92 valence electrons. The van der Waals surface area contributed by atoms with E-state index in [1.165, 1.54) is 12.1 Å². The first-order valence-electron chi connectivity index (χ1n) is 5.29. The van der Waals surface area contributed by atoms with E-state index in [1.54, 1.807) is 6.08 Å². The van der Waals surface area contributed by atoms with Gasteiger partial charge in [-0.2, -0.15) is 0 Å². The molecular formula is C14H12O4. The second-order valence-corrected chi connectivity index (χ2v) is 3.77. The van der Waals surface area contributed by atoms with Crippen molar-refractivity contribution in [1.82, 2.24) is 0 Å². The van der Waals surface area contributed by atoms with Crippen LogP contribution in [0, 0.1) is 0 Å². The van der Waals surface area contributed by atoms with Crippen LogP contribution in [-0.2, 0) is 0 Å². The molecule has 0 unspecified atom stereocenters. The summed E-state index contributed by atoms with van der Waals surface area (Å²) in [6.07, 6.45) is 3.24. The number of phenols is 4. The van der Waals surface area contributed by atoms with E-state index >= 15 is 0 Å². The number of phenolic OH excluding ortho intramolecular Hbond substituents is 4. The van der Waals surface area contributed by atoms with Gasteiger partial charge in [-0.05, 0) is 11.6 Å². The van der Waals surface area contributed by atoms with Gasteiger partial charge in [0.15, 0.2) is 11.5 Å². The molecule has 2 aromatic rings. The van der Waals surface area contributed by atoms with Crippen molar-refractivity contribution in [1.29, 1.82) is 0 Å². The minimum atomic E-state index is -0.734. The first-order chi connectivity index (χ1) is 8.59. The van der Waals surface area contributed by atoms with E-state index in [-0.39, 0.29) is 5.56 Å². The average molecular weight is 244 g/mol. The maximum atomic E-state index is 9.61. The molecule has 4 heteroatoms. The SMILES string of the molecule is Oc1cc(C=Cc2ccccc2)c(O)c(O)c1O. The van der Waals surface area contributed by atoms with Gasteiger partial charge >= 0.3 is 0 Å². The lowest BCUT2D eigenvalue weighted by molar-refractivity contribution is 0.345. The normalized spacial score (nSPS) is 10.9. The zero-order chi connectivity index (χ0) is 13.1. The summed E-state index contributed by atoms with van der Waals surface area (Å²) in [5.74, 6) is -2.43. The van der Waals surface area contributed by atoms with Gasteiger partial charge in [0.25, 0.3) is 0 Å². The molecular weight excluding hydrogens is 232 g/mol. The van der Waals surface area contributed by atoms with Crippen molar-refractivity contribution in [2.75, 3.05) is 0 Å². The summed E-state index contributed by atoms with van der Waals surface area (Å²) in [5.41, 5.74) is 1.12. The smallest absolute Gasteiger partial charge is 0.204 e. The molecule has 0 aliphatic rings. The molecule has 0 spiro atoms. The first kappa shape index (κ1) is 11.9. The lowest BCUT2D eigenvalue weighted by atomic mass is 10.1. The van der Waals surface area contributed by atoms with E-state index in [4.69, 9.17) is 0 Å². The fourth-order valence-electron chi connectivity index (χ4n) is 1.53. The Balaban J connectivity index is 2.39. The Kier molecular flexibility index (Phi) is 3.10. The van der Waals surface area contributed by atoms with Gasteiger partial charge < -0.3 is 20.4 Å². The van der Waals surface area contributed by atoms with Gasteiger partial charge in [-0.1, -0.05) is 42.5 Å². The zero-order valence-electron chi connectivity index (χ0n) is 9.41. The van der Waals surface area contributed by atoms with Crippen LogP contribution in [0.3, 0.4) is 0 Å². The van der Waals surface area contributed by atoms with Gasteiger partial charge in [0.05, 0.1) is 0 Å². The third-order valence-electron chi connectivity index (χ3n) is 2.51. The number of benzene rings is 2. The van der Waals surface area contributed by atoms with E-state index in [9.17, 15) is 20.4 Å². The van der Waals surface area contributed by atoms with Crippen molar-refractivity contribution >= 4 is 12.2 Å². The minimum absolute atomic E-state index is 0.214. The van der Waals surface area contributed by atoms with Crippen molar-refractivity contribution in [3.8, 4) is 23.0 Å². The van der Waals surface area contributed by atoms with Gasteiger partial charge in [0, 0.05) is 5.56 Å². The van der Waals surface area contributed by atoms with Gasteiger partial charge in [0.1, 0.15) is 0 Å². The predicted molar refractivity (Wildman–Crippen MR) is 68.5 cm³/mol. The number of hydrogen-bond acceptors (Lipinski definition) is 4. The molecule has 0 amide bonds. The quantitative estimate of drug-likeness (QED) is 0.372. The van der Waals surface area contributed by atoms with Crippen molar-refractivity contribution in [2.24, 2.45) is 0 Å². The van der Waals surface area contributed by atoms with Gasteiger partial charge in [0.2, 0.25) is 11.5 Å². The molecule has 0 heterocycles. The highest BCUT2D eigenvalue weighted by molar-refractivity contribution is 5.76. The summed E-state index contributed by atoms with van der Waals surface area (Å²) in [6.45, 7) is 0. The highest BCUT2D eigenvalue weighted by Crippen LogP contribution is 2.44. The van der Waals surface area contributed by atoms with Crippen LogP contribution < -0.4 is 0 Å². The van der Waals surface area contributed by atoms with Gasteiger partial charge in [-0.15, -0.1) is 0 Å². The molecule has 0 radical (unpaired) electrons. The molecule has 0 bridgehead atoms. The Morgan fingerprint density at radius 3 is 2.06 bits per heavy atom. The van der Waals surface area contributed by atoms with Crippen LogP contribution in [0.25, 0.3) is 12.2 Å². The van der Waals surface area contributed by atoms with Crippen LogP contribution in [0.1, 0.15) is 11.1 Å². The van der Waals surface area contributed by atoms with Crippen molar-refractivity contribution in [3.63, 3.8) is 0 Å². The standard InChI is InChI=1S/C14H12O4/c15-11-8-10(12(16)14(18)13(11)17)7-6-9-4-2-1-3-5-9/h1-8,15-18H. The van der Waals surface area contributed by atoms with E-state index in [0.29, 0.717) is 0 Å². The molecule has 0 fully saturated rings. The lowest BCUT2D eigenvalue weighted by Crippen LogP contribution is -1.79. The molecule has 0 aliphatic heterocycles. The summed E-state index contributed by atoms with van der Waals surface area (Å²) in [5, 5.41) is 37.5. The van der Waals surface area contributed by atoms with Gasteiger partial charge in [-0.25, -0.2) is 0 Å². The van der Waals surface area contributed by atoms with E-state index in [1.807, 2.05) is 30.3 Å². The Bertz CT molecular complexity index is 588. The van der Waals surface area contributed by atoms with Crippen LogP contribution >= 0.6 is 0 Å². The Morgan fingerprint density at radius 2 is 1.39 bits per heavy atom. The molecule has 4 N–H and O–H groups in total. The third-order valence-corrected chi connectivity index (χ3v) is 2.51. The van der Waals surface area contributed by atoms with Crippen LogP contribution in [-0.4, -0.2) is 20.4 Å². The van der Waals surface area contributed by atoms with Crippen molar-refractivity contribution in [3.05, 3.63) is 47.5 Å². The van der Waals surface area contributed by atoms with E-state index < -0.39 is 23.0 Å². The predicted octanol–water partition coefficient (Wildman–Crippen LogP) is 2.68. The second kappa shape index (κ2) is 4.71. The lowest BCUT2D eigenvalue weighted by Gasteiger charge is -2.06. The largest absolute Gasteiger partial charge is 0.504 e. The number of rotatable bonds is 2. The molecule has 0 saturated carbocycles. The summed E-state index contributed by atoms with van der Waals surface area (Å²) in [7, 11) is 0. The fourth-order valence-corrected chi connectivity index (χ4v) is 1.53. The molecule has 2 rings (SSSR count). The Hall–Kier alpha value is -2.62. The maximum Gasteiger partial charge on any atom is 0.204 e. The van der Waals surface area contributed by atoms with Crippen molar-refractivity contribution < 1.29 is 20.4 Å².